The predicted molar refractivity (Wildman–Crippen MR) is 293 cm³/mol. The maximum Gasteiger partial charge on any atom is 0.306 e. The molecule has 0 aromatic carbocycles. The van der Waals surface area contributed by atoms with Gasteiger partial charge in [0, 0.05) is 19.3 Å². The summed E-state index contributed by atoms with van der Waals surface area (Å²) >= 11 is 0. The van der Waals surface area contributed by atoms with E-state index in [1.165, 1.54) is 180 Å². The molecule has 6 nitrogen and oxygen atoms in total. The second kappa shape index (κ2) is 57.0. The van der Waals surface area contributed by atoms with Gasteiger partial charge in [-0.3, -0.25) is 14.4 Å². The van der Waals surface area contributed by atoms with E-state index in [0.29, 0.717) is 19.3 Å². The van der Waals surface area contributed by atoms with Crippen LogP contribution in [-0.2, 0) is 28.6 Å². The summed E-state index contributed by atoms with van der Waals surface area (Å²) in [5, 5.41) is 0. The molecule has 68 heavy (non-hydrogen) atoms. The number of esters is 3. The fourth-order valence-corrected chi connectivity index (χ4v) is 8.63. The maximum atomic E-state index is 12.9. The van der Waals surface area contributed by atoms with Gasteiger partial charge in [-0.1, -0.05) is 262 Å². The highest BCUT2D eigenvalue weighted by atomic mass is 16.6. The van der Waals surface area contributed by atoms with Crippen molar-refractivity contribution < 1.29 is 28.6 Å². The Balaban J connectivity index is 4.35. The molecule has 396 valence electrons. The molecule has 0 aliphatic carbocycles. The molecule has 1 unspecified atom stereocenters. The molecule has 0 fully saturated rings. The summed E-state index contributed by atoms with van der Waals surface area (Å²) in [4.78, 5) is 38.2. The van der Waals surface area contributed by atoms with Crippen molar-refractivity contribution in [3.63, 3.8) is 0 Å². The van der Waals surface area contributed by atoms with Gasteiger partial charge >= 0.3 is 17.9 Å². The number of hydrogen-bond acceptors (Lipinski definition) is 6. The van der Waals surface area contributed by atoms with Gasteiger partial charge in [-0.05, 0) is 77.0 Å². The van der Waals surface area contributed by atoms with Gasteiger partial charge in [0.25, 0.3) is 0 Å². The molecule has 0 aromatic heterocycles. The Morgan fingerprint density at radius 1 is 0.309 bits per heavy atom. The number of hydrogen-bond donors (Lipinski definition) is 0. The van der Waals surface area contributed by atoms with Crippen LogP contribution in [0.2, 0.25) is 0 Å². The van der Waals surface area contributed by atoms with Crippen LogP contribution in [0.4, 0.5) is 0 Å². The third-order valence-electron chi connectivity index (χ3n) is 13.1. The highest BCUT2D eigenvalue weighted by molar-refractivity contribution is 5.71. The maximum absolute atomic E-state index is 12.9. The third-order valence-corrected chi connectivity index (χ3v) is 13.1. The first-order chi connectivity index (χ1) is 33.5. The van der Waals surface area contributed by atoms with E-state index in [-0.39, 0.29) is 31.1 Å². The molecule has 0 aliphatic rings. The molecule has 1 atom stereocenters. The second-order valence-electron chi connectivity index (χ2n) is 19.9. The first-order valence-corrected chi connectivity index (χ1v) is 29.6. The van der Waals surface area contributed by atoms with Gasteiger partial charge < -0.3 is 14.2 Å². The number of carbonyl (C=O) groups excluding carboxylic acids is 3. The van der Waals surface area contributed by atoms with E-state index in [4.69, 9.17) is 14.2 Å². The smallest absolute Gasteiger partial charge is 0.306 e. The Labute approximate surface area is 422 Å². The zero-order chi connectivity index (χ0) is 49.3. The SMILES string of the molecule is CC/C=C\C/C=C\C/C=C\CCCCCCCCCC(=O)OC(COC(=O)CCCCCCC/C=C\CCCCCCC)COC(=O)CCCCCCCCCCCCCCCCCCCCC. The summed E-state index contributed by atoms with van der Waals surface area (Å²) < 4.78 is 16.9. The summed E-state index contributed by atoms with van der Waals surface area (Å²) in [5.74, 6) is -0.879. The van der Waals surface area contributed by atoms with E-state index in [9.17, 15) is 14.4 Å². The van der Waals surface area contributed by atoms with Gasteiger partial charge in [0.15, 0.2) is 6.10 Å². The minimum Gasteiger partial charge on any atom is -0.462 e. The Bertz CT molecular complexity index is 1190. The van der Waals surface area contributed by atoms with Crippen LogP contribution >= 0.6 is 0 Å². The summed E-state index contributed by atoms with van der Waals surface area (Å²) in [5.41, 5.74) is 0. The molecule has 0 saturated carbocycles. The molecule has 0 saturated heterocycles. The molecule has 0 heterocycles. The fourth-order valence-electron chi connectivity index (χ4n) is 8.63. The lowest BCUT2D eigenvalue weighted by atomic mass is 10.0. The monoisotopic (exact) mass is 953 g/mol. The molecule has 0 rings (SSSR count). The van der Waals surface area contributed by atoms with Crippen molar-refractivity contribution in [2.75, 3.05) is 13.2 Å². The third kappa shape index (κ3) is 54.3. The Kier molecular flexibility index (Phi) is 54.8. The van der Waals surface area contributed by atoms with Gasteiger partial charge in [0.05, 0.1) is 0 Å². The van der Waals surface area contributed by atoms with Crippen LogP contribution in [0, 0.1) is 0 Å². The average Bonchev–Trinajstić information content (AvgIpc) is 3.34. The number of rotatable bonds is 54. The van der Waals surface area contributed by atoms with Crippen molar-refractivity contribution in [3.8, 4) is 0 Å². The second-order valence-corrected chi connectivity index (χ2v) is 19.9. The van der Waals surface area contributed by atoms with Crippen LogP contribution in [0.1, 0.15) is 310 Å². The van der Waals surface area contributed by atoms with Crippen molar-refractivity contribution in [1.82, 2.24) is 0 Å². The molecular weight excluding hydrogens is 841 g/mol. The highest BCUT2D eigenvalue weighted by Gasteiger charge is 2.19. The molecule has 6 heteroatoms. The summed E-state index contributed by atoms with van der Waals surface area (Å²) in [7, 11) is 0. The molecule has 0 bridgehead atoms. The van der Waals surface area contributed by atoms with Crippen molar-refractivity contribution >= 4 is 17.9 Å². The summed E-state index contributed by atoms with van der Waals surface area (Å²) in [6.45, 7) is 6.55. The van der Waals surface area contributed by atoms with E-state index >= 15 is 0 Å². The van der Waals surface area contributed by atoms with Crippen molar-refractivity contribution in [1.29, 1.82) is 0 Å². The number of carbonyl (C=O) groups is 3. The molecule has 0 aliphatic heterocycles. The highest BCUT2D eigenvalue weighted by Crippen LogP contribution is 2.17. The van der Waals surface area contributed by atoms with Crippen molar-refractivity contribution in [3.05, 3.63) is 48.6 Å². The number of allylic oxidation sites excluding steroid dienone is 8. The average molecular weight is 954 g/mol. The van der Waals surface area contributed by atoms with Crippen LogP contribution in [0.3, 0.4) is 0 Å². The largest absolute Gasteiger partial charge is 0.462 e. The van der Waals surface area contributed by atoms with Crippen LogP contribution in [0.25, 0.3) is 0 Å². The summed E-state index contributed by atoms with van der Waals surface area (Å²) in [6, 6.07) is 0. The first kappa shape index (κ1) is 65.4. The lowest BCUT2D eigenvalue weighted by Gasteiger charge is -2.18. The van der Waals surface area contributed by atoms with Crippen LogP contribution in [-0.4, -0.2) is 37.2 Å². The molecule has 0 radical (unpaired) electrons. The van der Waals surface area contributed by atoms with E-state index in [0.717, 1.165) is 89.9 Å². The Morgan fingerprint density at radius 3 is 0.912 bits per heavy atom. The van der Waals surface area contributed by atoms with E-state index in [1.54, 1.807) is 0 Å². The van der Waals surface area contributed by atoms with Crippen molar-refractivity contribution in [2.45, 2.75) is 316 Å². The standard InChI is InChI=1S/C62H112O6/c1-4-7-10-13-16-19-22-25-28-30-31-33-34-37-40-43-46-49-52-55-61(64)67-58-59(57-66-60(63)54-51-48-45-42-39-36-27-24-21-18-15-12-9-6-3)68-62(65)56-53-50-47-44-41-38-35-32-29-26-23-20-17-14-11-8-5-2/h8,11,17,20,24,26-27,29,59H,4-7,9-10,12-16,18-19,21-23,25,28,30-58H2,1-3H3/b11-8-,20-17-,27-24-,29-26-. The van der Waals surface area contributed by atoms with Gasteiger partial charge in [-0.2, -0.15) is 0 Å². The molecule has 0 aromatic rings. The number of ether oxygens (including phenoxy) is 3. The van der Waals surface area contributed by atoms with Gasteiger partial charge in [-0.25, -0.2) is 0 Å². The first-order valence-electron chi connectivity index (χ1n) is 29.6. The minimum absolute atomic E-state index is 0.0766. The normalized spacial score (nSPS) is 12.3. The summed E-state index contributed by atoms with van der Waals surface area (Å²) in [6.07, 6.45) is 69.6. The topological polar surface area (TPSA) is 78.9 Å². The minimum atomic E-state index is -0.780. The zero-order valence-corrected chi connectivity index (χ0v) is 45.4. The number of unbranched alkanes of at least 4 members (excludes halogenated alkanes) is 35. The van der Waals surface area contributed by atoms with Crippen molar-refractivity contribution in [2.24, 2.45) is 0 Å². The van der Waals surface area contributed by atoms with Gasteiger partial charge in [-0.15, -0.1) is 0 Å². The van der Waals surface area contributed by atoms with Crippen LogP contribution < -0.4 is 0 Å². The predicted octanol–water partition coefficient (Wildman–Crippen LogP) is 19.8. The Morgan fingerprint density at radius 2 is 0.574 bits per heavy atom. The van der Waals surface area contributed by atoms with Gasteiger partial charge in [0.2, 0.25) is 0 Å². The van der Waals surface area contributed by atoms with E-state index < -0.39 is 6.10 Å². The van der Waals surface area contributed by atoms with Crippen LogP contribution in [0.5, 0.6) is 0 Å². The quantitative estimate of drug-likeness (QED) is 0.0262. The van der Waals surface area contributed by atoms with E-state index in [1.807, 2.05) is 0 Å². The van der Waals surface area contributed by atoms with E-state index in [2.05, 4.69) is 69.4 Å². The molecule has 0 N–H and O–H groups in total. The molecule has 0 amide bonds. The molecular formula is C62H112O6. The van der Waals surface area contributed by atoms with Crippen LogP contribution in [0.15, 0.2) is 48.6 Å². The van der Waals surface area contributed by atoms with Gasteiger partial charge in [0.1, 0.15) is 13.2 Å². The molecule has 0 spiro atoms. The lowest BCUT2D eigenvalue weighted by Crippen LogP contribution is -2.30. The Hall–Kier alpha value is -2.63. The zero-order valence-electron chi connectivity index (χ0n) is 45.4. The fraction of sp³-hybridized carbons (Fsp3) is 0.823. The lowest BCUT2D eigenvalue weighted by molar-refractivity contribution is -0.167.